The number of halogens is 1. The Morgan fingerprint density at radius 3 is 2.86 bits per heavy atom. The van der Waals surface area contributed by atoms with E-state index in [0.717, 1.165) is 5.56 Å². The summed E-state index contributed by atoms with van der Waals surface area (Å²) in [6, 6.07) is 4.59. The summed E-state index contributed by atoms with van der Waals surface area (Å²) in [6.45, 7) is 1.94. The molecule has 0 bridgehead atoms. The minimum atomic E-state index is -0.331. The molecule has 108 valence electrons. The molecule has 21 heavy (non-hydrogen) atoms. The Morgan fingerprint density at radius 1 is 1.33 bits per heavy atom. The van der Waals surface area contributed by atoms with Crippen LogP contribution >= 0.6 is 0 Å². The Balaban J connectivity index is 1.86. The minimum Gasteiger partial charge on any atom is -0.376 e. The second-order valence-electron chi connectivity index (χ2n) is 4.73. The molecule has 7 nitrogen and oxygen atoms in total. The molecule has 0 radical (unpaired) electrons. The van der Waals surface area contributed by atoms with Crippen molar-refractivity contribution in [3.8, 4) is 5.69 Å². The second kappa shape index (κ2) is 5.31. The number of benzene rings is 1. The molecule has 0 aliphatic rings. The van der Waals surface area contributed by atoms with Crippen molar-refractivity contribution in [3.63, 3.8) is 0 Å². The fourth-order valence-electron chi connectivity index (χ4n) is 2.03. The van der Waals surface area contributed by atoms with Crippen LogP contribution in [0.25, 0.3) is 5.69 Å². The van der Waals surface area contributed by atoms with Crippen LogP contribution in [0.5, 0.6) is 0 Å². The number of aromatic nitrogens is 6. The van der Waals surface area contributed by atoms with Crippen molar-refractivity contribution >= 4 is 5.69 Å². The van der Waals surface area contributed by atoms with Crippen LogP contribution in [0, 0.1) is 5.82 Å². The molecule has 1 unspecified atom stereocenters. The van der Waals surface area contributed by atoms with Gasteiger partial charge in [0.15, 0.2) is 0 Å². The lowest BCUT2D eigenvalue weighted by molar-refractivity contribution is 0.626. The standard InChI is InChI=1S/C13H14FN7/c1-9(10-6-16-20(2)7-10)17-13-5-11(3-4-12(13)14)21-8-15-18-19-21/h3-9,17H,1-2H3. The summed E-state index contributed by atoms with van der Waals surface area (Å²) in [6.07, 6.45) is 5.10. The van der Waals surface area contributed by atoms with Gasteiger partial charge in [-0.25, -0.2) is 9.07 Å². The van der Waals surface area contributed by atoms with Gasteiger partial charge >= 0.3 is 0 Å². The van der Waals surface area contributed by atoms with Gasteiger partial charge in [0.25, 0.3) is 0 Å². The first kappa shape index (κ1) is 13.2. The van der Waals surface area contributed by atoms with Gasteiger partial charge in [-0.05, 0) is 35.5 Å². The summed E-state index contributed by atoms with van der Waals surface area (Å²) in [5.41, 5.74) is 2.05. The molecule has 2 heterocycles. The summed E-state index contributed by atoms with van der Waals surface area (Å²) in [4.78, 5) is 0. The number of anilines is 1. The average molecular weight is 287 g/mol. The zero-order valence-electron chi connectivity index (χ0n) is 11.6. The third-order valence-corrected chi connectivity index (χ3v) is 3.16. The van der Waals surface area contributed by atoms with E-state index in [9.17, 15) is 4.39 Å². The van der Waals surface area contributed by atoms with Crippen LogP contribution in [-0.4, -0.2) is 30.0 Å². The van der Waals surface area contributed by atoms with Crippen molar-refractivity contribution in [2.45, 2.75) is 13.0 Å². The van der Waals surface area contributed by atoms with E-state index in [1.807, 2.05) is 20.2 Å². The van der Waals surface area contributed by atoms with E-state index >= 15 is 0 Å². The predicted octanol–water partition coefficient (Wildman–Crippen LogP) is 1.71. The highest BCUT2D eigenvalue weighted by Crippen LogP contribution is 2.23. The van der Waals surface area contributed by atoms with Gasteiger partial charge < -0.3 is 5.32 Å². The van der Waals surface area contributed by atoms with Crippen molar-refractivity contribution in [2.24, 2.45) is 7.05 Å². The lowest BCUT2D eigenvalue weighted by Gasteiger charge is -2.15. The molecule has 3 rings (SSSR count). The maximum atomic E-state index is 13.9. The van der Waals surface area contributed by atoms with E-state index in [-0.39, 0.29) is 11.9 Å². The van der Waals surface area contributed by atoms with E-state index in [1.54, 1.807) is 23.0 Å². The van der Waals surface area contributed by atoms with Crippen LogP contribution in [0.2, 0.25) is 0 Å². The fraction of sp³-hybridized carbons (Fsp3) is 0.231. The molecule has 1 atom stereocenters. The molecule has 3 aromatic rings. The van der Waals surface area contributed by atoms with Gasteiger partial charge in [-0.2, -0.15) is 5.10 Å². The molecule has 2 aromatic heterocycles. The first-order valence-electron chi connectivity index (χ1n) is 6.41. The lowest BCUT2D eigenvalue weighted by Crippen LogP contribution is -2.08. The average Bonchev–Trinajstić information content (AvgIpc) is 3.12. The summed E-state index contributed by atoms with van der Waals surface area (Å²) >= 11 is 0. The molecule has 8 heteroatoms. The van der Waals surface area contributed by atoms with Crippen LogP contribution < -0.4 is 5.32 Å². The Morgan fingerprint density at radius 2 is 2.19 bits per heavy atom. The quantitative estimate of drug-likeness (QED) is 0.790. The third kappa shape index (κ3) is 2.73. The highest BCUT2D eigenvalue weighted by Gasteiger charge is 2.11. The SMILES string of the molecule is CC(Nc1cc(-n2cnnn2)ccc1F)c1cnn(C)c1. The van der Waals surface area contributed by atoms with Gasteiger partial charge in [-0.1, -0.05) is 0 Å². The van der Waals surface area contributed by atoms with Gasteiger partial charge in [0, 0.05) is 18.8 Å². The van der Waals surface area contributed by atoms with Crippen molar-refractivity contribution in [3.05, 3.63) is 48.3 Å². The van der Waals surface area contributed by atoms with E-state index in [4.69, 9.17) is 0 Å². The van der Waals surface area contributed by atoms with E-state index in [1.165, 1.54) is 17.1 Å². The van der Waals surface area contributed by atoms with Gasteiger partial charge in [0.05, 0.1) is 23.6 Å². The fourth-order valence-corrected chi connectivity index (χ4v) is 2.03. The number of nitrogens with one attached hydrogen (secondary N) is 1. The van der Waals surface area contributed by atoms with Gasteiger partial charge in [-0.15, -0.1) is 5.10 Å². The highest BCUT2D eigenvalue weighted by atomic mass is 19.1. The number of tetrazole rings is 1. The molecule has 1 N–H and O–H groups in total. The van der Waals surface area contributed by atoms with Crippen LogP contribution in [0.15, 0.2) is 36.9 Å². The topological polar surface area (TPSA) is 73.5 Å². The first-order chi connectivity index (χ1) is 10.1. The first-order valence-corrected chi connectivity index (χ1v) is 6.41. The van der Waals surface area contributed by atoms with Crippen molar-refractivity contribution in [1.82, 2.24) is 30.0 Å². The summed E-state index contributed by atoms with van der Waals surface area (Å²) in [5, 5.41) is 18.2. The zero-order valence-corrected chi connectivity index (χ0v) is 11.6. The molecule has 0 spiro atoms. The smallest absolute Gasteiger partial charge is 0.146 e. The monoisotopic (exact) mass is 287 g/mol. The summed E-state index contributed by atoms with van der Waals surface area (Å²) < 4.78 is 17.1. The molecule has 0 aliphatic heterocycles. The maximum absolute atomic E-state index is 13.9. The highest BCUT2D eigenvalue weighted by molar-refractivity contribution is 5.53. The molecule has 0 fully saturated rings. The third-order valence-electron chi connectivity index (χ3n) is 3.16. The van der Waals surface area contributed by atoms with Crippen molar-refractivity contribution in [2.75, 3.05) is 5.32 Å². The molecular formula is C13H14FN7. The summed E-state index contributed by atoms with van der Waals surface area (Å²) in [7, 11) is 1.84. The summed E-state index contributed by atoms with van der Waals surface area (Å²) in [5.74, 6) is -0.331. The number of aryl methyl sites for hydroxylation is 1. The van der Waals surface area contributed by atoms with E-state index < -0.39 is 0 Å². The molecule has 1 aromatic carbocycles. The molecule has 0 saturated heterocycles. The Hall–Kier alpha value is -2.77. The van der Waals surface area contributed by atoms with Gasteiger partial charge in [0.2, 0.25) is 0 Å². The van der Waals surface area contributed by atoms with Gasteiger partial charge in [-0.3, -0.25) is 4.68 Å². The molecule has 0 aliphatic carbocycles. The molecule has 0 amide bonds. The zero-order chi connectivity index (χ0) is 14.8. The number of hydrogen-bond donors (Lipinski definition) is 1. The lowest BCUT2D eigenvalue weighted by atomic mass is 10.1. The number of rotatable bonds is 4. The minimum absolute atomic E-state index is 0.0719. The van der Waals surface area contributed by atoms with Gasteiger partial charge in [0.1, 0.15) is 12.1 Å². The molecule has 0 saturated carbocycles. The second-order valence-corrected chi connectivity index (χ2v) is 4.73. The van der Waals surface area contributed by atoms with Crippen molar-refractivity contribution in [1.29, 1.82) is 0 Å². The van der Waals surface area contributed by atoms with Crippen LogP contribution in [0.1, 0.15) is 18.5 Å². The van der Waals surface area contributed by atoms with E-state index in [0.29, 0.717) is 11.4 Å². The van der Waals surface area contributed by atoms with Crippen LogP contribution in [0.4, 0.5) is 10.1 Å². The van der Waals surface area contributed by atoms with E-state index in [2.05, 4.69) is 25.9 Å². The molecular weight excluding hydrogens is 273 g/mol. The Kier molecular flexibility index (Phi) is 3.35. The maximum Gasteiger partial charge on any atom is 0.146 e. The Labute approximate surface area is 120 Å². The number of nitrogens with zero attached hydrogens (tertiary/aromatic N) is 6. The van der Waals surface area contributed by atoms with Crippen LogP contribution in [0.3, 0.4) is 0 Å². The largest absolute Gasteiger partial charge is 0.376 e. The van der Waals surface area contributed by atoms with Crippen LogP contribution in [-0.2, 0) is 7.05 Å². The van der Waals surface area contributed by atoms with Crippen molar-refractivity contribution < 1.29 is 4.39 Å². The predicted molar refractivity (Wildman–Crippen MR) is 74.4 cm³/mol. The normalized spacial score (nSPS) is 12.3. The Bertz CT molecular complexity index is 735. The number of hydrogen-bond acceptors (Lipinski definition) is 5.